The Labute approximate surface area is 114 Å². The van der Waals surface area contributed by atoms with Crippen LogP contribution in [-0.4, -0.2) is 16.6 Å². The van der Waals surface area contributed by atoms with Gasteiger partial charge >= 0.3 is 0 Å². The number of allylic oxidation sites excluding steroid dienone is 3. The minimum absolute atomic E-state index is 1.08. The quantitative estimate of drug-likeness (QED) is 0.532. The summed E-state index contributed by atoms with van der Waals surface area (Å²) in [4.78, 5) is 0. The number of hydrogen-bond acceptors (Lipinski definition) is 2. The number of rotatable bonds is 4. The van der Waals surface area contributed by atoms with E-state index in [2.05, 4.69) is 52.3 Å². The smallest absolute Gasteiger partial charge is 0.242 e. The van der Waals surface area contributed by atoms with E-state index in [1.807, 2.05) is 0 Å². The molecule has 0 saturated heterocycles. The molecule has 2 nitrogen and oxygen atoms in total. The third kappa shape index (κ3) is 5.44. The number of hydrogen-bond donors (Lipinski definition) is 0. The van der Waals surface area contributed by atoms with Crippen LogP contribution in [0.1, 0.15) is 26.2 Å². The molecule has 1 rings (SSSR count). The van der Waals surface area contributed by atoms with Crippen molar-refractivity contribution in [2.24, 2.45) is 0 Å². The average molecular weight is 285 g/mol. The monoisotopic (exact) mass is 284 g/mol. The van der Waals surface area contributed by atoms with E-state index in [1.54, 1.807) is 0 Å². The molecule has 0 saturated carbocycles. The lowest BCUT2D eigenvalue weighted by atomic mass is 9.99. The van der Waals surface area contributed by atoms with E-state index in [-0.39, 0.29) is 0 Å². The van der Waals surface area contributed by atoms with Crippen LogP contribution in [-0.2, 0) is 8.85 Å². The van der Waals surface area contributed by atoms with Gasteiger partial charge < -0.3 is 8.85 Å². The van der Waals surface area contributed by atoms with Crippen molar-refractivity contribution >= 4 is 16.6 Å². The predicted octanol–water partition coefficient (Wildman–Crippen LogP) is 5.03. The maximum atomic E-state index is 6.20. The van der Waals surface area contributed by atoms with Gasteiger partial charge in [0, 0.05) is 5.57 Å². The third-order valence-corrected chi connectivity index (χ3v) is 4.31. The molecule has 0 heterocycles. The lowest BCUT2D eigenvalue weighted by molar-refractivity contribution is 0.380. The average Bonchev–Trinajstić information content (AvgIpc) is 2.12. The van der Waals surface area contributed by atoms with Gasteiger partial charge in [-0.15, -0.1) is 0 Å². The van der Waals surface area contributed by atoms with Crippen molar-refractivity contribution in [3.05, 3.63) is 23.2 Å². The first-order chi connectivity index (χ1) is 8.08. The van der Waals surface area contributed by atoms with Crippen LogP contribution in [0.2, 0.25) is 39.3 Å². The Bertz CT molecular complexity index is 357. The summed E-state index contributed by atoms with van der Waals surface area (Å²) < 4.78 is 12.3. The predicted molar refractivity (Wildman–Crippen MR) is 83.5 cm³/mol. The summed E-state index contributed by atoms with van der Waals surface area (Å²) in [6.07, 6.45) is 5.67. The van der Waals surface area contributed by atoms with Crippen LogP contribution in [0.4, 0.5) is 0 Å². The fourth-order valence-corrected chi connectivity index (χ4v) is 3.97. The highest BCUT2D eigenvalue weighted by atomic mass is 28.4. The van der Waals surface area contributed by atoms with Crippen molar-refractivity contribution in [1.82, 2.24) is 0 Å². The molecule has 0 unspecified atom stereocenters. The van der Waals surface area contributed by atoms with E-state index in [0.29, 0.717) is 0 Å². The molecule has 0 aliphatic heterocycles. The normalized spacial score (nSPS) is 20.3. The SMILES string of the molecule is C/C(O[Si](C)(C)C)=C1/CCCC=C1O[Si](C)(C)C. The van der Waals surface area contributed by atoms with Crippen LogP contribution in [0.25, 0.3) is 0 Å². The van der Waals surface area contributed by atoms with Crippen molar-refractivity contribution in [2.75, 3.05) is 0 Å². The summed E-state index contributed by atoms with van der Waals surface area (Å²) >= 11 is 0. The lowest BCUT2D eigenvalue weighted by Gasteiger charge is -2.29. The van der Waals surface area contributed by atoms with Gasteiger partial charge in [0.1, 0.15) is 5.76 Å². The van der Waals surface area contributed by atoms with Crippen LogP contribution in [0.5, 0.6) is 0 Å². The minimum Gasteiger partial charge on any atom is -0.547 e. The molecule has 104 valence electrons. The summed E-state index contributed by atoms with van der Waals surface area (Å²) in [5, 5.41) is 0. The van der Waals surface area contributed by atoms with Crippen LogP contribution in [0.3, 0.4) is 0 Å². The first-order valence-electron chi connectivity index (χ1n) is 6.87. The molecule has 0 bridgehead atoms. The van der Waals surface area contributed by atoms with Crippen molar-refractivity contribution in [1.29, 1.82) is 0 Å². The van der Waals surface area contributed by atoms with Crippen LogP contribution < -0.4 is 0 Å². The Kier molecular flexibility index (Phi) is 4.89. The second-order valence-electron chi connectivity index (χ2n) is 6.92. The van der Waals surface area contributed by atoms with Crippen LogP contribution >= 0.6 is 0 Å². The van der Waals surface area contributed by atoms with Crippen molar-refractivity contribution in [2.45, 2.75) is 65.5 Å². The van der Waals surface area contributed by atoms with E-state index in [9.17, 15) is 0 Å². The van der Waals surface area contributed by atoms with Gasteiger partial charge in [-0.3, -0.25) is 0 Å². The Hall–Kier alpha value is -0.486. The fraction of sp³-hybridized carbons (Fsp3) is 0.714. The van der Waals surface area contributed by atoms with Crippen molar-refractivity contribution in [3.63, 3.8) is 0 Å². The van der Waals surface area contributed by atoms with Gasteiger partial charge in [0.2, 0.25) is 16.6 Å². The molecule has 1 aliphatic rings. The molecule has 0 amide bonds. The largest absolute Gasteiger partial charge is 0.547 e. The molecule has 0 atom stereocenters. The summed E-state index contributed by atoms with van der Waals surface area (Å²) in [6, 6.07) is 0. The van der Waals surface area contributed by atoms with Crippen LogP contribution in [0, 0.1) is 0 Å². The van der Waals surface area contributed by atoms with E-state index >= 15 is 0 Å². The van der Waals surface area contributed by atoms with E-state index in [0.717, 1.165) is 24.4 Å². The molecule has 18 heavy (non-hydrogen) atoms. The van der Waals surface area contributed by atoms with Crippen molar-refractivity contribution in [3.8, 4) is 0 Å². The van der Waals surface area contributed by atoms with Crippen LogP contribution in [0.15, 0.2) is 23.2 Å². The maximum Gasteiger partial charge on any atom is 0.242 e. The Morgan fingerprint density at radius 2 is 1.67 bits per heavy atom. The van der Waals surface area contributed by atoms with Gasteiger partial charge in [0.05, 0.1) is 5.76 Å². The summed E-state index contributed by atoms with van der Waals surface area (Å²) in [6.45, 7) is 15.5. The molecule has 0 radical (unpaired) electrons. The molecule has 0 N–H and O–H groups in total. The highest BCUT2D eigenvalue weighted by Gasteiger charge is 2.25. The first-order valence-corrected chi connectivity index (χ1v) is 13.7. The molecule has 4 heteroatoms. The Morgan fingerprint density at radius 3 is 2.17 bits per heavy atom. The standard InChI is InChI=1S/C14H28O2Si2/c1-12(15-17(2,3)4)13-10-8-9-11-14(13)16-18(5,6)7/h11H,8-10H2,1-7H3/b13-12+. The second-order valence-corrected chi connectivity index (χ2v) is 15.8. The summed E-state index contributed by atoms with van der Waals surface area (Å²) in [7, 11) is -3.06. The van der Waals surface area contributed by atoms with Gasteiger partial charge in [-0.25, -0.2) is 0 Å². The van der Waals surface area contributed by atoms with Gasteiger partial charge in [0.25, 0.3) is 0 Å². The minimum atomic E-state index is -1.54. The molecule has 0 aromatic carbocycles. The zero-order valence-corrected chi connectivity index (χ0v) is 15.0. The third-order valence-electron chi connectivity index (χ3n) is 2.56. The Balaban J connectivity index is 2.94. The zero-order valence-electron chi connectivity index (χ0n) is 13.0. The topological polar surface area (TPSA) is 18.5 Å². The molecule has 0 spiro atoms. The van der Waals surface area contributed by atoms with Crippen molar-refractivity contribution < 1.29 is 8.85 Å². The van der Waals surface area contributed by atoms with Gasteiger partial charge in [0.15, 0.2) is 0 Å². The highest BCUT2D eigenvalue weighted by molar-refractivity contribution is 6.70. The van der Waals surface area contributed by atoms with Gasteiger partial charge in [-0.2, -0.15) is 0 Å². The molecular weight excluding hydrogens is 256 g/mol. The summed E-state index contributed by atoms with van der Waals surface area (Å²) in [5.41, 5.74) is 1.30. The molecule has 0 aromatic heterocycles. The molecule has 0 aromatic rings. The first kappa shape index (κ1) is 15.6. The second kappa shape index (κ2) is 5.65. The summed E-state index contributed by atoms with van der Waals surface area (Å²) in [5.74, 6) is 2.18. The maximum absolute atomic E-state index is 6.20. The Morgan fingerprint density at radius 1 is 1.06 bits per heavy atom. The van der Waals surface area contributed by atoms with Gasteiger partial charge in [-0.05, 0) is 71.5 Å². The highest BCUT2D eigenvalue weighted by Crippen LogP contribution is 2.31. The molecule has 1 aliphatic carbocycles. The van der Waals surface area contributed by atoms with E-state index in [1.165, 1.54) is 12.0 Å². The van der Waals surface area contributed by atoms with Gasteiger partial charge in [-0.1, -0.05) is 0 Å². The molecular formula is C14H28O2Si2. The lowest BCUT2D eigenvalue weighted by Crippen LogP contribution is -2.28. The fourth-order valence-electron chi connectivity index (χ4n) is 2.06. The molecule has 0 fully saturated rings. The van der Waals surface area contributed by atoms with E-state index < -0.39 is 16.6 Å². The van der Waals surface area contributed by atoms with E-state index in [4.69, 9.17) is 8.85 Å². The zero-order chi connectivity index (χ0) is 14.0.